The number of carbonyl (C=O) groups excluding carboxylic acids is 4. The van der Waals surface area contributed by atoms with Gasteiger partial charge in [-0.2, -0.15) is 18.4 Å². The zero-order valence-electron chi connectivity index (χ0n) is 34.7. The summed E-state index contributed by atoms with van der Waals surface area (Å²) in [7, 11) is -1.95. The number of nitrogens with two attached hydrogens (primary N) is 1. The van der Waals surface area contributed by atoms with Crippen molar-refractivity contribution in [1.29, 1.82) is 0 Å². The molecule has 0 saturated heterocycles. The van der Waals surface area contributed by atoms with E-state index in [0.717, 1.165) is 23.8 Å². The number of anilines is 2. The van der Waals surface area contributed by atoms with Crippen molar-refractivity contribution in [2.45, 2.75) is 56.2 Å². The molecule has 3 aromatic rings. The summed E-state index contributed by atoms with van der Waals surface area (Å²) < 4.78 is 67.2. The van der Waals surface area contributed by atoms with Crippen molar-refractivity contribution < 1.29 is 65.6 Å². The number of terminal acetylenes is 1. The molecule has 63 heavy (non-hydrogen) atoms. The van der Waals surface area contributed by atoms with Crippen LogP contribution in [0.5, 0.6) is 17.5 Å². The third-order valence-corrected chi connectivity index (χ3v) is 11.2. The molecule has 3 unspecified atom stereocenters. The van der Waals surface area contributed by atoms with Gasteiger partial charge in [0.1, 0.15) is 17.6 Å². The summed E-state index contributed by atoms with van der Waals surface area (Å²) >= 11 is 5.97. The highest BCUT2D eigenvalue weighted by Crippen LogP contribution is 2.40. The van der Waals surface area contributed by atoms with E-state index in [4.69, 9.17) is 48.0 Å². The van der Waals surface area contributed by atoms with Gasteiger partial charge < -0.3 is 34.8 Å². The van der Waals surface area contributed by atoms with Gasteiger partial charge in [0.25, 0.3) is 27.7 Å². The van der Waals surface area contributed by atoms with Gasteiger partial charge in [0, 0.05) is 50.3 Å². The molecule has 0 saturated carbocycles. The van der Waals surface area contributed by atoms with Gasteiger partial charge in [-0.25, -0.2) is 23.8 Å². The fraction of sp³-hybridized carbons (Fsp3) is 0.368. The number of pyridine rings is 1. The van der Waals surface area contributed by atoms with E-state index in [-0.39, 0.29) is 52.3 Å². The van der Waals surface area contributed by atoms with Gasteiger partial charge in [0.05, 0.1) is 36.6 Å². The van der Waals surface area contributed by atoms with E-state index in [9.17, 15) is 41.3 Å². The average Bonchev–Trinajstić information content (AvgIpc) is 3.48. The Bertz CT molecular complexity index is 2430. The number of aliphatic carboxylic acids is 1. The third kappa shape index (κ3) is 14.2. The number of ether oxygens (including phenoxy) is 3. The molecule has 0 spiro atoms. The lowest BCUT2D eigenvalue weighted by molar-refractivity contribution is -0.138. The zero-order valence-corrected chi connectivity index (χ0v) is 37.2. The molecular weight excluding hydrogens is 894 g/mol. The molecule has 25 heteroatoms. The van der Waals surface area contributed by atoms with Gasteiger partial charge >= 0.3 is 12.0 Å². The number of urea groups is 1. The highest BCUT2D eigenvalue weighted by atomic mass is 35.5. The Kier molecular flexibility index (Phi) is 18.1. The van der Waals surface area contributed by atoms with Crippen LogP contribution in [-0.2, 0) is 29.0 Å². The van der Waals surface area contributed by atoms with Crippen molar-refractivity contribution in [3.05, 3.63) is 64.1 Å². The first-order chi connectivity index (χ1) is 29.4. The van der Waals surface area contributed by atoms with Crippen LogP contribution in [0.2, 0.25) is 5.02 Å². The summed E-state index contributed by atoms with van der Waals surface area (Å²) in [6, 6.07) is 4.14. The van der Waals surface area contributed by atoms with Gasteiger partial charge in [-0.1, -0.05) is 17.5 Å². The lowest BCUT2D eigenvalue weighted by Gasteiger charge is -2.19. The fourth-order valence-corrected chi connectivity index (χ4v) is 7.43. The Hall–Kier alpha value is -6.18. The number of aromatic nitrogens is 3. The van der Waals surface area contributed by atoms with E-state index in [1.807, 2.05) is 0 Å². The maximum absolute atomic E-state index is 14.4. The molecule has 0 fully saturated rings. The van der Waals surface area contributed by atoms with Crippen molar-refractivity contribution in [3.8, 4) is 29.9 Å². The van der Waals surface area contributed by atoms with E-state index in [1.54, 1.807) is 11.6 Å². The first-order valence-corrected chi connectivity index (χ1v) is 22.6. The molecule has 3 heterocycles. The van der Waals surface area contributed by atoms with E-state index in [2.05, 4.69) is 26.2 Å². The number of nitrogens with zero attached hydrogens (tertiary/aromatic N) is 5. The smallest absolute Gasteiger partial charge is 0.335 e. The lowest BCUT2D eigenvalue weighted by atomic mass is 9.93. The number of carboxylic acid groups (broad SMARTS) is 1. The molecule has 0 bridgehead atoms. The number of methoxy groups -OCH3 is 2. The highest BCUT2D eigenvalue weighted by Gasteiger charge is 2.41. The second-order valence-corrected chi connectivity index (χ2v) is 18.2. The molecule has 6 N–H and O–H groups in total. The summed E-state index contributed by atoms with van der Waals surface area (Å²) in [5.41, 5.74) is 5.71. The number of amides is 5. The fourth-order valence-electron chi connectivity index (χ4n) is 5.44. The van der Waals surface area contributed by atoms with Crippen molar-refractivity contribution in [2.24, 2.45) is 5.73 Å². The number of halogens is 2. The topological polar surface area (TPSA) is 300 Å². The van der Waals surface area contributed by atoms with E-state index in [1.165, 1.54) is 70.3 Å². The van der Waals surface area contributed by atoms with Crippen LogP contribution in [0.15, 0.2) is 52.7 Å². The molecule has 3 atom stereocenters. The number of hydrogen-bond acceptors (Lipinski definition) is 15. The van der Waals surface area contributed by atoms with Crippen LogP contribution in [0.3, 0.4) is 0 Å². The molecule has 0 radical (unpaired) electrons. The second-order valence-electron chi connectivity index (χ2n) is 13.7. The number of rotatable bonds is 13. The number of hydrogen-bond donors (Lipinski definition) is 5. The van der Waals surface area contributed by atoms with E-state index >= 15 is 0 Å². The molecule has 1 aromatic carbocycles. The molecule has 5 rings (SSSR count). The van der Waals surface area contributed by atoms with Gasteiger partial charge in [0.15, 0.2) is 18.5 Å². The first kappa shape index (κ1) is 51.2. The monoisotopic (exact) mass is 938 g/mol. The molecule has 1 aliphatic carbocycles. The van der Waals surface area contributed by atoms with Gasteiger partial charge in [0.2, 0.25) is 17.7 Å². The van der Waals surface area contributed by atoms with Crippen LogP contribution in [0.25, 0.3) is 0 Å². The van der Waals surface area contributed by atoms with Crippen molar-refractivity contribution in [2.75, 3.05) is 51.4 Å². The van der Waals surface area contributed by atoms with Gasteiger partial charge in [-0.05, 0) is 57.2 Å². The largest absolute Gasteiger partial charge is 0.481 e. The average molecular weight is 939 g/mol. The lowest BCUT2D eigenvalue weighted by Crippen LogP contribution is -2.36. The van der Waals surface area contributed by atoms with E-state index < -0.39 is 70.1 Å². The van der Waals surface area contributed by atoms with Crippen LogP contribution in [0, 0.1) is 18.2 Å². The number of benzene rings is 1. The minimum Gasteiger partial charge on any atom is -0.481 e. The molecule has 1 aliphatic heterocycles. The quantitative estimate of drug-likeness (QED) is 0.0932. The molecule has 2 aliphatic rings. The SMILES string of the molecule is C#CC(C)Oc1cc(N2C(=O)C3=C(CCCC3)C2=O)c(F)cc1Cl.COc1cc(OC)nc(NC(=O)NS(=O)(=O)c2ncccc2C(=O)N(C)C)n1.CP(=O)(O)CCC(N)C(=O)O. The number of carboxylic acids is 1. The molecule has 2 aromatic heterocycles. The third-order valence-electron chi connectivity index (χ3n) is 8.56. The predicted molar refractivity (Wildman–Crippen MR) is 226 cm³/mol. The van der Waals surface area contributed by atoms with Crippen LogP contribution < -0.4 is 34.9 Å². The second kappa shape index (κ2) is 22.3. The first-order valence-electron chi connectivity index (χ1n) is 18.4. The molecular formula is C38H45ClFN8O13PS. The Morgan fingerprint density at radius 2 is 1.67 bits per heavy atom. The summed E-state index contributed by atoms with van der Waals surface area (Å²) in [4.78, 5) is 81.8. The zero-order chi connectivity index (χ0) is 47.4. The van der Waals surface area contributed by atoms with Crippen LogP contribution >= 0.6 is 19.0 Å². The van der Waals surface area contributed by atoms with Crippen LogP contribution in [0.4, 0.5) is 20.8 Å². The van der Waals surface area contributed by atoms with Crippen molar-refractivity contribution in [1.82, 2.24) is 24.6 Å². The Labute approximate surface area is 366 Å². The summed E-state index contributed by atoms with van der Waals surface area (Å²) in [5.74, 6) is -0.994. The van der Waals surface area contributed by atoms with Crippen LogP contribution in [-0.4, -0.2) is 121 Å². The summed E-state index contributed by atoms with van der Waals surface area (Å²) in [6.07, 6.45) is 8.66. The molecule has 340 valence electrons. The molecule has 21 nitrogen and oxygen atoms in total. The van der Waals surface area contributed by atoms with Gasteiger partial charge in [-0.3, -0.25) is 29.1 Å². The Balaban J connectivity index is 0.000000274. The number of carbonyl (C=O) groups is 5. The van der Waals surface area contributed by atoms with Crippen molar-refractivity contribution in [3.63, 3.8) is 0 Å². The minimum atomic E-state index is -4.46. The van der Waals surface area contributed by atoms with Crippen molar-refractivity contribution >= 4 is 70.4 Å². The number of imide groups is 1. The number of sulfonamides is 1. The Morgan fingerprint density at radius 3 is 2.16 bits per heavy atom. The maximum atomic E-state index is 14.4. The highest BCUT2D eigenvalue weighted by molar-refractivity contribution is 7.90. The summed E-state index contributed by atoms with van der Waals surface area (Å²) in [6.45, 7) is 2.81. The minimum absolute atomic E-state index is 0.0233. The summed E-state index contributed by atoms with van der Waals surface area (Å²) in [5, 5.41) is 9.87. The standard InChI is InChI=1S/C18H15ClFNO3.C15H18N6O6S.C5H12NO4P/c1-3-10(2)24-16-9-15(14(20)8-13(16)19)21-17(22)11-6-4-5-7-12(11)18(21)23;1-21(2)13(22)9-6-5-7-16-12(9)28(24,25)20-15(23)19-14-17-10(26-3)8-11(18-14)27-4;1-11(9,10)3-2-4(6)5(7)8/h1,8-10H,4-7H2,2H3;5-8H,1-4H3,(H2,17,18,19,20,23);4H,2-3,6H2,1H3,(H,7,8)(H,9,10). The van der Waals surface area contributed by atoms with E-state index in [0.29, 0.717) is 24.0 Å². The molecule has 5 amide bonds. The Morgan fingerprint density at radius 1 is 1.10 bits per heavy atom. The van der Waals surface area contributed by atoms with Crippen LogP contribution in [0.1, 0.15) is 49.4 Å². The number of nitrogens with one attached hydrogen (secondary N) is 2. The maximum Gasteiger partial charge on any atom is 0.335 e. The normalized spacial score (nSPS) is 15.1. The predicted octanol–water partition coefficient (Wildman–Crippen LogP) is 3.41. The van der Waals surface area contributed by atoms with Gasteiger partial charge in [-0.15, -0.1) is 6.42 Å².